The van der Waals surface area contributed by atoms with Crippen LogP contribution in [0.5, 0.6) is 0 Å². The highest BCUT2D eigenvalue weighted by atomic mass is 127. The van der Waals surface area contributed by atoms with Crippen LogP contribution >= 0.6 is 22.6 Å². The summed E-state index contributed by atoms with van der Waals surface area (Å²) in [4.78, 5) is 0. The van der Waals surface area contributed by atoms with Crippen molar-refractivity contribution in [3.63, 3.8) is 0 Å². The van der Waals surface area contributed by atoms with Crippen molar-refractivity contribution in [2.45, 2.75) is 87.6 Å². The molecule has 122 valence electrons. The zero-order chi connectivity index (χ0) is 14.8. The predicted octanol–water partition coefficient (Wildman–Crippen LogP) is 6.56. The van der Waals surface area contributed by atoms with Crippen molar-refractivity contribution in [2.24, 2.45) is 29.6 Å². The molecular formula is C19H32FI. The Balaban J connectivity index is 1.45. The van der Waals surface area contributed by atoms with E-state index in [0.717, 1.165) is 34.5 Å². The Bertz CT molecular complexity index is 316. The molecule has 0 radical (unpaired) electrons. The second-order valence-electron chi connectivity index (χ2n) is 8.25. The van der Waals surface area contributed by atoms with Gasteiger partial charge in [-0.15, -0.1) is 0 Å². The van der Waals surface area contributed by atoms with E-state index in [1.54, 1.807) is 0 Å². The van der Waals surface area contributed by atoms with Crippen molar-refractivity contribution < 1.29 is 4.39 Å². The monoisotopic (exact) mass is 406 g/mol. The maximum atomic E-state index is 14.0. The zero-order valence-electron chi connectivity index (χ0n) is 13.6. The first-order valence-corrected chi connectivity index (χ1v) is 10.7. The van der Waals surface area contributed by atoms with Gasteiger partial charge < -0.3 is 0 Å². The lowest BCUT2D eigenvalue weighted by atomic mass is 9.65. The fraction of sp³-hybridized carbons (Fsp3) is 1.00. The summed E-state index contributed by atoms with van der Waals surface area (Å²) in [5.41, 5.74) is 0. The van der Waals surface area contributed by atoms with Gasteiger partial charge in [-0.05, 0) is 100 Å². The Morgan fingerprint density at radius 3 is 1.62 bits per heavy atom. The van der Waals surface area contributed by atoms with E-state index in [2.05, 4.69) is 29.5 Å². The molecule has 3 aliphatic rings. The van der Waals surface area contributed by atoms with Gasteiger partial charge in [0, 0.05) is 3.92 Å². The van der Waals surface area contributed by atoms with Crippen LogP contribution in [-0.2, 0) is 0 Å². The van der Waals surface area contributed by atoms with E-state index in [0.29, 0.717) is 11.8 Å². The number of hydrogen-bond acceptors (Lipinski definition) is 0. The Morgan fingerprint density at radius 1 is 0.667 bits per heavy atom. The lowest BCUT2D eigenvalue weighted by molar-refractivity contribution is 0.0725. The minimum atomic E-state index is -0.514. The largest absolute Gasteiger partial charge is 0.247 e. The molecule has 0 aromatic carbocycles. The number of hydrogen-bond donors (Lipinski definition) is 0. The van der Waals surface area contributed by atoms with E-state index < -0.39 is 6.17 Å². The minimum absolute atomic E-state index is 0.320. The molecule has 0 amide bonds. The molecule has 0 saturated heterocycles. The molecule has 3 rings (SSSR count). The number of alkyl halides is 2. The molecule has 3 atom stereocenters. The van der Waals surface area contributed by atoms with Crippen LogP contribution in [0, 0.1) is 29.6 Å². The van der Waals surface area contributed by atoms with Gasteiger partial charge >= 0.3 is 0 Å². The van der Waals surface area contributed by atoms with Crippen LogP contribution in [0.4, 0.5) is 4.39 Å². The van der Waals surface area contributed by atoms with Gasteiger partial charge in [-0.2, -0.15) is 0 Å². The summed E-state index contributed by atoms with van der Waals surface area (Å²) < 4.78 is 14.9. The Labute approximate surface area is 144 Å². The normalized spacial score (nSPS) is 49.0. The minimum Gasteiger partial charge on any atom is -0.247 e. The van der Waals surface area contributed by atoms with E-state index in [1.807, 2.05) is 0 Å². The van der Waals surface area contributed by atoms with Crippen molar-refractivity contribution in [3.8, 4) is 0 Å². The Kier molecular flexibility index (Phi) is 5.89. The molecule has 0 N–H and O–H groups in total. The number of rotatable bonds is 2. The fourth-order valence-corrected chi connectivity index (χ4v) is 6.08. The smallest absolute Gasteiger partial charge is 0.103 e. The maximum Gasteiger partial charge on any atom is 0.103 e. The van der Waals surface area contributed by atoms with E-state index >= 15 is 0 Å². The van der Waals surface area contributed by atoms with Crippen molar-refractivity contribution in [3.05, 3.63) is 0 Å². The maximum absolute atomic E-state index is 14.0. The third-order valence-electron chi connectivity index (χ3n) is 6.99. The van der Waals surface area contributed by atoms with Gasteiger partial charge in [0.15, 0.2) is 0 Å². The average molecular weight is 406 g/mol. The highest BCUT2D eigenvalue weighted by Crippen LogP contribution is 2.46. The molecule has 2 heteroatoms. The molecule has 0 aromatic heterocycles. The lowest BCUT2D eigenvalue weighted by Gasteiger charge is -2.41. The van der Waals surface area contributed by atoms with Crippen LogP contribution in [0.1, 0.15) is 77.6 Å². The first kappa shape index (κ1) is 16.5. The molecule has 0 aliphatic heterocycles. The third-order valence-corrected chi connectivity index (χ3v) is 8.24. The van der Waals surface area contributed by atoms with E-state index in [-0.39, 0.29) is 0 Å². The molecule has 3 unspecified atom stereocenters. The molecule has 0 bridgehead atoms. The fourth-order valence-electron chi connectivity index (χ4n) is 5.36. The van der Waals surface area contributed by atoms with Gasteiger partial charge in [-0.1, -0.05) is 29.5 Å². The summed E-state index contributed by atoms with van der Waals surface area (Å²) >= 11 is 2.64. The van der Waals surface area contributed by atoms with Crippen LogP contribution in [0.15, 0.2) is 0 Å². The van der Waals surface area contributed by atoms with Crippen molar-refractivity contribution in [2.75, 3.05) is 0 Å². The van der Waals surface area contributed by atoms with Crippen LogP contribution in [-0.4, -0.2) is 10.1 Å². The first-order chi connectivity index (χ1) is 10.1. The zero-order valence-corrected chi connectivity index (χ0v) is 15.7. The second-order valence-corrected chi connectivity index (χ2v) is 10.0. The molecule has 0 aromatic rings. The van der Waals surface area contributed by atoms with E-state index in [1.165, 1.54) is 57.8 Å². The molecule has 0 nitrogen and oxygen atoms in total. The molecule has 3 aliphatic carbocycles. The molecule has 0 spiro atoms. The van der Waals surface area contributed by atoms with Crippen LogP contribution < -0.4 is 0 Å². The molecule has 21 heavy (non-hydrogen) atoms. The van der Waals surface area contributed by atoms with E-state index in [9.17, 15) is 4.39 Å². The highest BCUT2D eigenvalue weighted by molar-refractivity contribution is 14.1. The lowest BCUT2D eigenvalue weighted by Crippen LogP contribution is -2.32. The summed E-state index contributed by atoms with van der Waals surface area (Å²) in [6, 6.07) is 0. The van der Waals surface area contributed by atoms with E-state index in [4.69, 9.17) is 0 Å². The van der Waals surface area contributed by atoms with Gasteiger partial charge in [0.25, 0.3) is 0 Å². The van der Waals surface area contributed by atoms with Gasteiger partial charge in [0.1, 0.15) is 6.17 Å². The first-order valence-electron chi connectivity index (χ1n) is 9.41. The van der Waals surface area contributed by atoms with Crippen molar-refractivity contribution in [1.29, 1.82) is 0 Å². The van der Waals surface area contributed by atoms with Crippen LogP contribution in [0.25, 0.3) is 0 Å². The predicted molar refractivity (Wildman–Crippen MR) is 96.6 cm³/mol. The SMILES string of the molecule is CC1CCC(C2CCC(C3CCC(I)CC3)CC2)CC1F. The van der Waals surface area contributed by atoms with Crippen molar-refractivity contribution >= 4 is 22.6 Å². The highest BCUT2D eigenvalue weighted by Gasteiger charge is 2.36. The second kappa shape index (κ2) is 7.49. The van der Waals surface area contributed by atoms with Crippen LogP contribution in [0.2, 0.25) is 0 Å². The van der Waals surface area contributed by atoms with Gasteiger partial charge in [-0.3, -0.25) is 0 Å². The topological polar surface area (TPSA) is 0 Å². The van der Waals surface area contributed by atoms with Crippen molar-refractivity contribution in [1.82, 2.24) is 0 Å². The summed E-state index contributed by atoms with van der Waals surface area (Å²) in [6.45, 7) is 2.10. The van der Waals surface area contributed by atoms with Gasteiger partial charge in [0.2, 0.25) is 0 Å². The average Bonchev–Trinajstić information content (AvgIpc) is 2.51. The quantitative estimate of drug-likeness (QED) is 0.360. The summed E-state index contributed by atoms with van der Waals surface area (Å²) in [7, 11) is 0. The summed E-state index contributed by atoms with van der Waals surface area (Å²) in [5.74, 6) is 3.92. The molecule has 3 fully saturated rings. The number of halogens is 2. The van der Waals surface area contributed by atoms with Gasteiger partial charge in [-0.25, -0.2) is 4.39 Å². The summed E-state index contributed by atoms with van der Waals surface area (Å²) in [5, 5.41) is 0. The third kappa shape index (κ3) is 4.14. The standard InChI is InChI=1S/C19H32FI/c1-13-2-3-17(12-19(13)20)16-6-4-14(5-7-16)15-8-10-18(21)11-9-15/h13-19H,2-12H2,1H3. The summed E-state index contributed by atoms with van der Waals surface area (Å²) in [6.07, 6.45) is 14.4. The molecule has 3 saturated carbocycles. The van der Waals surface area contributed by atoms with Crippen LogP contribution in [0.3, 0.4) is 0 Å². The Hall–Kier alpha value is 0.660. The molecular weight excluding hydrogens is 374 g/mol. The Morgan fingerprint density at radius 2 is 1.10 bits per heavy atom. The van der Waals surface area contributed by atoms with Gasteiger partial charge in [0.05, 0.1) is 0 Å². The molecule has 0 heterocycles.